The summed E-state index contributed by atoms with van der Waals surface area (Å²) in [6.45, 7) is 4.45. The Morgan fingerprint density at radius 1 is 1.42 bits per heavy atom. The Morgan fingerprint density at radius 2 is 2.16 bits per heavy atom. The largest absolute Gasteiger partial charge is 0.467 e. The summed E-state index contributed by atoms with van der Waals surface area (Å²) in [7, 11) is 1.36. The zero-order chi connectivity index (χ0) is 14.0. The Hall–Kier alpha value is -1.14. The highest BCUT2D eigenvalue weighted by molar-refractivity contribution is 5.88. The molecule has 19 heavy (non-hydrogen) atoms. The summed E-state index contributed by atoms with van der Waals surface area (Å²) in [5, 5.41) is 0. The van der Waals surface area contributed by atoms with Gasteiger partial charge in [-0.2, -0.15) is 0 Å². The highest BCUT2D eigenvalue weighted by Gasteiger charge is 2.43. The lowest BCUT2D eigenvalue weighted by molar-refractivity contribution is -0.153. The second-order valence-corrected chi connectivity index (χ2v) is 5.30. The Balaban J connectivity index is 2.17. The zero-order valence-corrected chi connectivity index (χ0v) is 11.7. The molecule has 0 radical (unpaired) electrons. The standard InChI is InChI=1S/C13H23N3O3/c1-3-15-7-6-9-4-5-11(13(18)19-2)16(9)12(17)10(14)8-15/h9-11H,3-8,14H2,1-2H3/t9-,10+,11+/m1/s1. The Morgan fingerprint density at radius 3 is 2.79 bits per heavy atom. The fourth-order valence-corrected chi connectivity index (χ4v) is 3.13. The van der Waals surface area contributed by atoms with E-state index in [4.69, 9.17) is 10.5 Å². The quantitative estimate of drug-likeness (QED) is 0.689. The van der Waals surface area contributed by atoms with Crippen molar-refractivity contribution in [1.29, 1.82) is 0 Å². The topological polar surface area (TPSA) is 75.9 Å². The molecule has 0 aromatic rings. The number of carbonyl (C=O) groups is 2. The first kappa shape index (κ1) is 14.3. The smallest absolute Gasteiger partial charge is 0.328 e. The van der Waals surface area contributed by atoms with E-state index in [1.165, 1.54) is 7.11 Å². The third-order valence-corrected chi connectivity index (χ3v) is 4.23. The average molecular weight is 269 g/mol. The number of fused-ring (bicyclic) bond motifs is 1. The van der Waals surface area contributed by atoms with Crippen LogP contribution in [0.25, 0.3) is 0 Å². The lowest BCUT2D eigenvalue weighted by atomic mass is 10.1. The van der Waals surface area contributed by atoms with E-state index in [0.717, 1.165) is 25.9 Å². The first-order valence-corrected chi connectivity index (χ1v) is 6.96. The van der Waals surface area contributed by atoms with Gasteiger partial charge in [-0.3, -0.25) is 4.79 Å². The van der Waals surface area contributed by atoms with Gasteiger partial charge in [-0.05, 0) is 25.8 Å². The number of methoxy groups -OCH3 is 1. The molecule has 2 rings (SSSR count). The Kier molecular flexibility index (Phi) is 4.42. The van der Waals surface area contributed by atoms with Crippen molar-refractivity contribution >= 4 is 11.9 Å². The van der Waals surface area contributed by atoms with E-state index in [0.29, 0.717) is 13.0 Å². The molecule has 2 fully saturated rings. The molecule has 0 aliphatic carbocycles. The van der Waals surface area contributed by atoms with Crippen LogP contribution in [-0.4, -0.2) is 66.5 Å². The van der Waals surface area contributed by atoms with Gasteiger partial charge in [0.2, 0.25) is 5.91 Å². The van der Waals surface area contributed by atoms with Gasteiger partial charge in [0.1, 0.15) is 6.04 Å². The first-order valence-electron chi connectivity index (χ1n) is 6.96. The normalized spacial score (nSPS) is 32.7. The highest BCUT2D eigenvalue weighted by Crippen LogP contribution is 2.29. The van der Waals surface area contributed by atoms with E-state index >= 15 is 0 Å². The van der Waals surface area contributed by atoms with Gasteiger partial charge in [0.05, 0.1) is 13.2 Å². The minimum absolute atomic E-state index is 0.115. The van der Waals surface area contributed by atoms with Crippen molar-refractivity contribution in [2.75, 3.05) is 26.7 Å². The van der Waals surface area contributed by atoms with E-state index in [-0.39, 0.29) is 17.9 Å². The van der Waals surface area contributed by atoms with Crippen molar-refractivity contribution in [1.82, 2.24) is 9.80 Å². The molecule has 6 heteroatoms. The molecule has 108 valence electrons. The van der Waals surface area contributed by atoms with Crippen LogP contribution < -0.4 is 5.73 Å². The summed E-state index contributed by atoms with van der Waals surface area (Å²) in [5.41, 5.74) is 5.99. The van der Waals surface area contributed by atoms with E-state index in [2.05, 4.69) is 11.8 Å². The van der Waals surface area contributed by atoms with Gasteiger partial charge in [0, 0.05) is 19.1 Å². The van der Waals surface area contributed by atoms with E-state index in [1.54, 1.807) is 4.90 Å². The molecule has 0 spiro atoms. The number of carbonyl (C=O) groups excluding carboxylic acids is 2. The lowest BCUT2D eigenvalue weighted by Crippen LogP contribution is -2.57. The second kappa shape index (κ2) is 5.88. The van der Waals surface area contributed by atoms with E-state index in [9.17, 15) is 9.59 Å². The first-order chi connectivity index (χ1) is 9.08. The van der Waals surface area contributed by atoms with Crippen molar-refractivity contribution < 1.29 is 14.3 Å². The number of esters is 1. The molecule has 0 unspecified atom stereocenters. The number of rotatable bonds is 2. The number of likely N-dealkylation sites (N-methyl/N-ethyl adjacent to an activating group) is 1. The molecule has 0 saturated carbocycles. The van der Waals surface area contributed by atoms with Crippen molar-refractivity contribution in [3.05, 3.63) is 0 Å². The number of ether oxygens (including phenoxy) is 1. The van der Waals surface area contributed by atoms with Crippen molar-refractivity contribution in [3.8, 4) is 0 Å². The fraction of sp³-hybridized carbons (Fsp3) is 0.846. The minimum Gasteiger partial charge on any atom is -0.467 e. The maximum Gasteiger partial charge on any atom is 0.328 e. The van der Waals surface area contributed by atoms with Crippen LogP contribution in [-0.2, 0) is 14.3 Å². The van der Waals surface area contributed by atoms with Crippen LogP contribution in [0.1, 0.15) is 26.2 Å². The average Bonchev–Trinajstić information content (AvgIpc) is 2.83. The number of hydrogen-bond acceptors (Lipinski definition) is 5. The Labute approximate surface area is 113 Å². The van der Waals surface area contributed by atoms with Crippen LogP contribution in [0.4, 0.5) is 0 Å². The zero-order valence-electron chi connectivity index (χ0n) is 11.7. The number of amides is 1. The predicted molar refractivity (Wildman–Crippen MR) is 70.4 cm³/mol. The van der Waals surface area contributed by atoms with Gasteiger partial charge in [0.15, 0.2) is 0 Å². The number of hydrogen-bond donors (Lipinski definition) is 1. The third-order valence-electron chi connectivity index (χ3n) is 4.23. The number of nitrogens with zero attached hydrogens (tertiary/aromatic N) is 2. The molecule has 0 bridgehead atoms. The SMILES string of the molecule is CCN1CC[C@H]2CC[C@@H](C(=O)OC)N2C(=O)[C@@H](N)C1. The summed E-state index contributed by atoms with van der Waals surface area (Å²) in [6.07, 6.45) is 2.44. The summed E-state index contributed by atoms with van der Waals surface area (Å²) in [5.74, 6) is -0.438. The van der Waals surface area contributed by atoms with E-state index < -0.39 is 12.1 Å². The summed E-state index contributed by atoms with van der Waals surface area (Å²) < 4.78 is 4.80. The van der Waals surface area contributed by atoms with Gasteiger partial charge < -0.3 is 20.3 Å². The maximum atomic E-state index is 12.4. The number of nitrogens with two attached hydrogens (primary N) is 1. The van der Waals surface area contributed by atoms with Crippen LogP contribution in [0.2, 0.25) is 0 Å². The van der Waals surface area contributed by atoms with Crippen molar-refractivity contribution in [2.45, 2.75) is 44.3 Å². The second-order valence-electron chi connectivity index (χ2n) is 5.30. The third kappa shape index (κ3) is 2.74. The molecule has 0 aromatic heterocycles. The van der Waals surface area contributed by atoms with Crippen LogP contribution in [0.3, 0.4) is 0 Å². The van der Waals surface area contributed by atoms with Crippen LogP contribution in [0.15, 0.2) is 0 Å². The van der Waals surface area contributed by atoms with Gasteiger partial charge in [-0.25, -0.2) is 4.79 Å². The molecule has 3 atom stereocenters. The molecule has 2 aliphatic heterocycles. The monoisotopic (exact) mass is 269 g/mol. The highest BCUT2D eigenvalue weighted by atomic mass is 16.5. The molecule has 2 N–H and O–H groups in total. The van der Waals surface area contributed by atoms with E-state index in [1.807, 2.05) is 0 Å². The summed E-state index contributed by atoms with van der Waals surface area (Å²) in [6, 6.07) is -0.869. The van der Waals surface area contributed by atoms with Crippen LogP contribution in [0.5, 0.6) is 0 Å². The van der Waals surface area contributed by atoms with Gasteiger partial charge >= 0.3 is 5.97 Å². The summed E-state index contributed by atoms with van der Waals surface area (Å²) in [4.78, 5) is 28.1. The predicted octanol–water partition coefficient (Wildman–Crippen LogP) is -0.428. The van der Waals surface area contributed by atoms with Gasteiger partial charge in [0.25, 0.3) is 0 Å². The van der Waals surface area contributed by atoms with Gasteiger partial charge in [-0.15, -0.1) is 0 Å². The minimum atomic E-state index is -0.548. The lowest BCUT2D eigenvalue weighted by Gasteiger charge is -2.36. The van der Waals surface area contributed by atoms with Crippen molar-refractivity contribution in [3.63, 3.8) is 0 Å². The Bertz CT molecular complexity index is 361. The molecule has 2 saturated heterocycles. The van der Waals surface area contributed by atoms with Gasteiger partial charge in [-0.1, -0.05) is 6.92 Å². The molecule has 2 heterocycles. The molecular weight excluding hydrogens is 246 g/mol. The van der Waals surface area contributed by atoms with Crippen LogP contribution >= 0.6 is 0 Å². The molecule has 2 aliphatic rings. The molecule has 1 amide bonds. The fourth-order valence-electron chi connectivity index (χ4n) is 3.13. The molecule has 6 nitrogen and oxygen atoms in total. The maximum absolute atomic E-state index is 12.4. The molecular formula is C13H23N3O3. The van der Waals surface area contributed by atoms with Crippen LogP contribution in [0, 0.1) is 0 Å². The van der Waals surface area contributed by atoms with Crippen molar-refractivity contribution in [2.24, 2.45) is 5.73 Å². The summed E-state index contributed by atoms with van der Waals surface area (Å²) >= 11 is 0. The molecule has 0 aromatic carbocycles.